The second-order valence-corrected chi connectivity index (χ2v) is 8.10. The normalized spacial score (nSPS) is 22.1. The lowest BCUT2D eigenvalue weighted by atomic mass is 9.81. The van der Waals surface area contributed by atoms with Crippen molar-refractivity contribution in [3.05, 3.63) is 57.8 Å². The first kappa shape index (κ1) is 15.9. The first-order valence-corrected chi connectivity index (χ1v) is 10.5. The molecule has 8 heteroatoms. The lowest BCUT2D eigenvalue weighted by Gasteiger charge is -2.33. The maximum Gasteiger partial charge on any atom is 0.227 e. The summed E-state index contributed by atoms with van der Waals surface area (Å²) in [6.45, 7) is 0. The van der Waals surface area contributed by atoms with E-state index in [9.17, 15) is 4.79 Å². The number of carbonyl (C=O) groups excluding carboxylic acids is 1. The third kappa shape index (κ3) is 2.44. The third-order valence-corrected chi connectivity index (χ3v) is 6.30. The zero-order valence-electron chi connectivity index (χ0n) is 14.0. The van der Waals surface area contributed by atoms with Gasteiger partial charge in [-0.2, -0.15) is 4.98 Å². The number of thiophene rings is 1. The Bertz CT molecular complexity index is 989. The van der Waals surface area contributed by atoms with Crippen molar-refractivity contribution in [1.82, 2.24) is 14.8 Å². The molecule has 4 heterocycles. The predicted octanol–water partition coefficient (Wildman–Crippen LogP) is 4.07. The van der Waals surface area contributed by atoms with Gasteiger partial charge in [-0.15, -0.1) is 16.4 Å². The van der Waals surface area contributed by atoms with Crippen molar-refractivity contribution in [1.29, 1.82) is 0 Å². The number of hydrogen-bond acceptors (Lipinski definition) is 7. The Morgan fingerprint density at radius 3 is 3.00 bits per heavy atom. The number of aromatic nitrogens is 3. The molecule has 0 saturated heterocycles. The van der Waals surface area contributed by atoms with Gasteiger partial charge in [0.1, 0.15) is 11.8 Å². The molecule has 2 atom stereocenters. The smallest absolute Gasteiger partial charge is 0.227 e. The highest BCUT2D eigenvalue weighted by atomic mass is 32.2. The van der Waals surface area contributed by atoms with E-state index in [1.54, 1.807) is 17.6 Å². The van der Waals surface area contributed by atoms with Gasteiger partial charge in [-0.25, -0.2) is 4.68 Å². The summed E-state index contributed by atoms with van der Waals surface area (Å²) in [5.41, 5.74) is 1.74. The van der Waals surface area contributed by atoms with Crippen molar-refractivity contribution in [3.63, 3.8) is 0 Å². The molecule has 0 saturated carbocycles. The van der Waals surface area contributed by atoms with Gasteiger partial charge >= 0.3 is 0 Å². The summed E-state index contributed by atoms with van der Waals surface area (Å²) in [7, 11) is 0. The van der Waals surface area contributed by atoms with Crippen molar-refractivity contribution in [2.45, 2.75) is 30.0 Å². The highest BCUT2D eigenvalue weighted by Crippen LogP contribution is 2.45. The summed E-state index contributed by atoms with van der Waals surface area (Å²) in [5, 5.41) is 10.7. The number of ketones is 1. The van der Waals surface area contributed by atoms with Gasteiger partial charge in [-0.3, -0.25) is 4.79 Å². The Kier molecular flexibility index (Phi) is 3.75. The van der Waals surface area contributed by atoms with Crippen LogP contribution in [-0.4, -0.2) is 26.8 Å². The van der Waals surface area contributed by atoms with Crippen LogP contribution in [0.4, 0.5) is 5.95 Å². The molecule has 2 aliphatic rings. The van der Waals surface area contributed by atoms with Gasteiger partial charge in [-0.1, -0.05) is 17.8 Å². The summed E-state index contributed by atoms with van der Waals surface area (Å²) >= 11 is 3.13. The fourth-order valence-electron chi connectivity index (χ4n) is 3.71. The van der Waals surface area contributed by atoms with Gasteiger partial charge in [0, 0.05) is 28.5 Å². The van der Waals surface area contributed by atoms with Crippen LogP contribution < -0.4 is 5.32 Å². The number of carbonyl (C=O) groups is 1. The predicted molar refractivity (Wildman–Crippen MR) is 101 cm³/mol. The Morgan fingerprint density at radius 1 is 1.35 bits per heavy atom. The molecule has 0 amide bonds. The second kappa shape index (κ2) is 6.14. The van der Waals surface area contributed by atoms with Crippen molar-refractivity contribution in [2.75, 3.05) is 11.6 Å². The molecule has 1 N–H and O–H groups in total. The molecule has 0 unspecified atom stereocenters. The maximum absolute atomic E-state index is 13.1. The van der Waals surface area contributed by atoms with Crippen LogP contribution in [0.5, 0.6) is 0 Å². The first-order valence-electron chi connectivity index (χ1n) is 8.35. The van der Waals surface area contributed by atoms with E-state index >= 15 is 0 Å². The van der Waals surface area contributed by atoms with Crippen LogP contribution in [0, 0.1) is 0 Å². The zero-order valence-corrected chi connectivity index (χ0v) is 15.6. The molecule has 1 aliphatic carbocycles. The Balaban J connectivity index is 1.62. The molecule has 132 valence electrons. The largest absolute Gasteiger partial charge is 0.469 e. The van der Waals surface area contributed by atoms with Gasteiger partial charge in [0.25, 0.3) is 0 Å². The third-order valence-electron chi connectivity index (χ3n) is 4.84. The van der Waals surface area contributed by atoms with Gasteiger partial charge in [-0.05, 0) is 36.3 Å². The van der Waals surface area contributed by atoms with Crippen molar-refractivity contribution < 1.29 is 9.21 Å². The Labute approximate surface area is 158 Å². The summed E-state index contributed by atoms with van der Waals surface area (Å²) in [6.07, 6.45) is 4.80. The van der Waals surface area contributed by atoms with Crippen LogP contribution in [-0.2, 0) is 4.79 Å². The minimum absolute atomic E-state index is 0.0576. The van der Waals surface area contributed by atoms with Crippen LogP contribution in [0.25, 0.3) is 0 Å². The number of anilines is 1. The van der Waals surface area contributed by atoms with Crippen molar-refractivity contribution in [3.8, 4) is 0 Å². The number of thioether (sulfide) groups is 1. The molecule has 0 aromatic carbocycles. The lowest BCUT2D eigenvalue weighted by Crippen LogP contribution is -2.33. The average Bonchev–Trinajstić information content (AvgIpc) is 3.40. The Hall–Kier alpha value is -2.32. The van der Waals surface area contributed by atoms with E-state index in [0.29, 0.717) is 17.5 Å². The van der Waals surface area contributed by atoms with Crippen LogP contribution >= 0.6 is 23.1 Å². The molecule has 0 bridgehead atoms. The van der Waals surface area contributed by atoms with Crippen LogP contribution in [0.3, 0.4) is 0 Å². The van der Waals surface area contributed by atoms with E-state index in [-0.39, 0.29) is 17.7 Å². The van der Waals surface area contributed by atoms with Crippen LogP contribution in [0.15, 0.2) is 56.8 Å². The molecule has 3 aromatic heterocycles. The molecule has 1 aliphatic heterocycles. The molecule has 5 rings (SSSR count). The highest BCUT2D eigenvalue weighted by molar-refractivity contribution is 7.98. The average molecular weight is 384 g/mol. The molecular weight excluding hydrogens is 368 g/mol. The van der Waals surface area contributed by atoms with E-state index in [2.05, 4.69) is 21.5 Å². The maximum atomic E-state index is 13.1. The second-order valence-electron chi connectivity index (χ2n) is 6.35. The molecule has 3 aromatic rings. The van der Waals surface area contributed by atoms with E-state index in [0.717, 1.165) is 28.3 Å². The molecule has 0 fully saturated rings. The number of furan rings is 1. The zero-order chi connectivity index (χ0) is 17.7. The summed E-state index contributed by atoms with van der Waals surface area (Å²) in [4.78, 5) is 18.8. The molecular formula is C18H16N4O2S2. The number of hydrogen-bond donors (Lipinski definition) is 1. The minimum Gasteiger partial charge on any atom is -0.469 e. The lowest BCUT2D eigenvalue weighted by molar-refractivity contribution is -0.116. The fraction of sp³-hybridized carbons (Fsp3) is 0.278. The number of nitrogens with zero attached hydrogens (tertiary/aromatic N) is 3. The minimum atomic E-state index is -0.209. The first-order chi connectivity index (χ1) is 12.7. The summed E-state index contributed by atoms with van der Waals surface area (Å²) in [6, 6.07) is 7.67. The fourth-order valence-corrected chi connectivity index (χ4v) is 4.88. The number of rotatable bonds is 3. The monoisotopic (exact) mass is 384 g/mol. The standard InChI is InChI=1S/C18H16N4O2S2/c1-25-18-20-17-19-11-8-10(13-4-2-6-24-13)9-12(23)15(11)16(22(17)21-18)14-5-3-7-26-14/h2-7,10,16H,8-9H2,1H3,(H,19,20,21)/t10-,16+/m0/s1. The number of fused-ring (bicyclic) bond motifs is 1. The SMILES string of the molecule is CSc1nc2n(n1)[C@H](c1cccs1)C1=C(C[C@H](c3ccco3)CC1=O)N2. The molecule has 0 radical (unpaired) electrons. The van der Waals surface area contributed by atoms with E-state index < -0.39 is 0 Å². The highest BCUT2D eigenvalue weighted by Gasteiger charge is 2.40. The molecule has 0 spiro atoms. The van der Waals surface area contributed by atoms with E-state index in [1.807, 2.05) is 34.5 Å². The van der Waals surface area contributed by atoms with E-state index in [4.69, 9.17) is 4.42 Å². The topological polar surface area (TPSA) is 73.0 Å². The van der Waals surface area contributed by atoms with Crippen molar-refractivity contribution >= 4 is 34.8 Å². The van der Waals surface area contributed by atoms with Crippen molar-refractivity contribution in [2.24, 2.45) is 0 Å². The van der Waals surface area contributed by atoms with Crippen LogP contribution in [0.2, 0.25) is 0 Å². The Morgan fingerprint density at radius 2 is 2.27 bits per heavy atom. The number of allylic oxidation sites excluding steroid dienone is 2. The van der Waals surface area contributed by atoms with E-state index in [1.165, 1.54) is 11.8 Å². The summed E-state index contributed by atoms with van der Waals surface area (Å²) < 4.78 is 7.40. The van der Waals surface area contributed by atoms with Gasteiger partial charge < -0.3 is 9.73 Å². The summed E-state index contributed by atoms with van der Waals surface area (Å²) in [5.74, 6) is 1.75. The quantitative estimate of drug-likeness (QED) is 0.686. The molecule has 6 nitrogen and oxygen atoms in total. The van der Waals surface area contributed by atoms with Crippen LogP contribution in [0.1, 0.15) is 35.4 Å². The molecule has 26 heavy (non-hydrogen) atoms. The number of nitrogens with one attached hydrogen (secondary N) is 1. The van der Waals surface area contributed by atoms with Gasteiger partial charge in [0.15, 0.2) is 5.78 Å². The van der Waals surface area contributed by atoms with Gasteiger partial charge in [0.2, 0.25) is 11.1 Å². The van der Waals surface area contributed by atoms with Gasteiger partial charge in [0.05, 0.1) is 6.26 Å². The number of Topliss-reactive ketones (excluding diaryl/α,β-unsaturated/α-hetero) is 1.